The number of nitrogens with one attached hydrogen (secondary N) is 1. The molecule has 3 radical (unpaired) electrons. The SMILES string of the molecule is C=Cc1cc(C2(NC(=O)c3cc(OC([Si])[C@@H]4CCN4C)c(N)cc3C)CC2)c2cccnc2c1. The summed E-state index contributed by atoms with van der Waals surface area (Å²) in [5.41, 5.74) is 10.5. The van der Waals surface area contributed by atoms with Crippen molar-refractivity contribution in [2.24, 2.45) is 0 Å². The first-order chi connectivity index (χ1) is 16.3. The Hall–Kier alpha value is -3.16. The highest BCUT2D eigenvalue weighted by Crippen LogP contribution is 2.48. The summed E-state index contributed by atoms with van der Waals surface area (Å²) in [6.07, 6.45) is 6.41. The van der Waals surface area contributed by atoms with Gasteiger partial charge in [0.25, 0.3) is 5.91 Å². The van der Waals surface area contributed by atoms with Crippen LogP contribution in [0, 0.1) is 6.92 Å². The summed E-state index contributed by atoms with van der Waals surface area (Å²) in [5, 5.41) is 4.37. The van der Waals surface area contributed by atoms with Crippen LogP contribution in [0.4, 0.5) is 5.69 Å². The van der Waals surface area contributed by atoms with E-state index in [1.54, 1.807) is 12.3 Å². The van der Waals surface area contributed by atoms with Crippen molar-refractivity contribution in [3.63, 3.8) is 0 Å². The lowest BCUT2D eigenvalue weighted by atomic mass is 9.95. The monoisotopic (exact) mass is 469 g/mol. The summed E-state index contributed by atoms with van der Waals surface area (Å²) in [5.74, 6) is 0.386. The first-order valence-electron chi connectivity index (χ1n) is 11.6. The number of pyridine rings is 1. The zero-order valence-electron chi connectivity index (χ0n) is 19.6. The Labute approximate surface area is 203 Å². The average Bonchev–Trinajstić information content (AvgIpc) is 3.59. The third-order valence-electron chi connectivity index (χ3n) is 7.15. The molecule has 1 saturated heterocycles. The van der Waals surface area contributed by atoms with Gasteiger partial charge in [-0.25, -0.2) is 0 Å². The van der Waals surface area contributed by atoms with Gasteiger partial charge >= 0.3 is 0 Å². The average molecular weight is 470 g/mol. The molecule has 0 bridgehead atoms. The van der Waals surface area contributed by atoms with Gasteiger partial charge in [0.15, 0.2) is 0 Å². The van der Waals surface area contributed by atoms with Crippen LogP contribution in [0.25, 0.3) is 17.0 Å². The smallest absolute Gasteiger partial charge is 0.252 e. The van der Waals surface area contributed by atoms with Crippen molar-refractivity contribution < 1.29 is 9.53 Å². The van der Waals surface area contributed by atoms with E-state index in [-0.39, 0.29) is 17.7 Å². The van der Waals surface area contributed by atoms with E-state index < -0.39 is 5.54 Å². The largest absolute Gasteiger partial charge is 0.491 e. The van der Waals surface area contributed by atoms with Crippen molar-refractivity contribution in [2.75, 3.05) is 19.3 Å². The Balaban J connectivity index is 1.44. The molecule has 1 saturated carbocycles. The summed E-state index contributed by atoms with van der Waals surface area (Å²) in [6.45, 7) is 6.87. The van der Waals surface area contributed by atoms with Gasteiger partial charge in [-0.05, 0) is 86.8 Å². The summed E-state index contributed by atoms with van der Waals surface area (Å²) in [4.78, 5) is 20.3. The van der Waals surface area contributed by atoms with Crippen molar-refractivity contribution in [3.05, 3.63) is 71.4 Å². The van der Waals surface area contributed by atoms with Crippen molar-refractivity contribution in [1.82, 2.24) is 15.2 Å². The van der Waals surface area contributed by atoms with Gasteiger partial charge in [-0.2, -0.15) is 0 Å². The number of aryl methyl sites for hydroxylation is 1. The van der Waals surface area contributed by atoms with Crippen molar-refractivity contribution >= 4 is 38.8 Å². The summed E-state index contributed by atoms with van der Waals surface area (Å²) < 4.78 is 6.13. The van der Waals surface area contributed by atoms with Gasteiger partial charge < -0.3 is 20.7 Å². The number of aromatic nitrogens is 1. The molecule has 3 N–H and O–H groups in total. The fraction of sp³-hybridized carbons (Fsp3) is 0.333. The lowest BCUT2D eigenvalue weighted by Gasteiger charge is -2.41. The third kappa shape index (κ3) is 3.99. The molecule has 2 aromatic carbocycles. The number of amides is 1. The molecule has 2 fully saturated rings. The Kier molecular flexibility index (Phi) is 5.70. The van der Waals surface area contributed by atoms with Gasteiger partial charge in [-0.1, -0.05) is 18.7 Å². The molecular weight excluding hydrogens is 440 g/mol. The number of nitrogens with two attached hydrogens (primary N) is 1. The number of ether oxygens (including phenoxy) is 1. The zero-order chi connectivity index (χ0) is 24.0. The van der Waals surface area contributed by atoms with Crippen LogP contribution in [0.15, 0.2) is 49.2 Å². The van der Waals surface area contributed by atoms with E-state index in [1.165, 1.54) is 0 Å². The minimum Gasteiger partial charge on any atom is -0.491 e. The molecule has 1 amide bonds. The molecule has 2 atom stereocenters. The minimum atomic E-state index is -0.418. The number of likely N-dealkylation sites (N-methyl/N-ethyl adjacent to an activating group) is 1. The fourth-order valence-electron chi connectivity index (χ4n) is 4.78. The van der Waals surface area contributed by atoms with Crippen LogP contribution in [-0.2, 0) is 5.54 Å². The van der Waals surface area contributed by atoms with Crippen molar-refractivity contribution in [2.45, 2.75) is 43.5 Å². The van der Waals surface area contributed by atoms with Crippen LogP contribution in [-0.4, -0.2) is 51.4 Å². The van der Waals surface area contributed by atoms with E-state index in [9.17, 15) is 4.79 Å². The Morgan fingerprint density at radius 2 is 2.18 bits per heavy atom. The Morgan fingerprint density at radius 1 is 1.38 bits per heavy atom. The highest BCUT2D eigenvalue weighted by atomic mass is 28.1. The maximum atomic E-state index is 13.5. The number of rotatable bonds is 7. The summed E-state index contributed by atoms with van der Waals surface area (Å²) >= 11 is 0. The number of anilines is 1. The Bertz CT molecular complexity index is 1290. The van der Waals surface area contributed by atoms with E-state index in [2.05, 4.69) is 51.2 Å². The van der Waals surface area contributed by atoms with Gasteiger partial charge in [0, 0.05) is 23.2 Å². The lowest BCUT2D eigenvalue weighted by molar-refractivity contribution is 0.0566. The minimum absolute atomic E-state index is 0.132. The lowest BCUT2D eigenvalue weighted by Crippen LogP contribution is -2.54. The molecule has 2 heterocycles. The molecule has 6 nitrogen and oxygen atoms in total. The van der Waals surface area contributed by atoms with Crippen LogP contribution >= 0.6 is 0 Å². The quantitative estimate of drug-likeness (QED) is 0.407. The van der Waals surface area contributed by atoms with Crippen LogP contribution in [0.5, 0.6) is 5.75 Å². The maximum Gasteiger partial charge on any atom is 0.252 e. The van der Waals surface area contributed by atoms with E-state index in [1.807, 2.05) is 31.2 Å². The molecule has 1 aliphatic carbocycles. The summed E-state index contributed by atoms with van der Waals surface area (Å²) in [7, 11) is 5.76. The van der Waals surface area contributed by atoms with Crippen molar-refractivity contribution in [1.29, 1.82) is 0 Å². The van der Waals surface area contributed by atoms with E-state index in [0.717, 1.165) is 53.4 Å². The number of hydrogen-bond acceptors (Lipinski definition) is 5. The highest BCUT2D eigenvalue weighted by Gasteiger charge is 2.47. The summed E-state index contributed by atoms with van der Waals surface area (Å²) in [6, 6.07) is 12.0. The van der Waals surface area contributed by atoms with Gasteiger partial charge in [-0.15, -0.1) is 0 Å². The number of likely N-dealkylation sites (tertiary alicyclic amines) is 1. The predicted molar refractivity (Wildman–Crippen MR) is 137 cm³/mol. The Morgan fingerprint density at radius 3 is 2.82 bits per heavy atom. The van der Waals surface area contributed by atoms with Crippen LogP contribution in [0.1, 0.15) is 46.3 Å². The number of hydrogen-bond donors (Lipinski definition) is 2. The van der Waals surface area contributed by atoms with Crippen LogP contribution in [0.2, 0.25) is 0 Å². The predicted octanol–water partition coefficient (Wildman–Crippen LogP) is 3.77. The third-order valence-corrected chi connectivity index (χ3v) is 7.65. The van der Waals surface area contributed by atoms with E-state index in [4.69, 9.17) is 10.5 Å². The standard InChI is InChI=1S/C27H29N4O2Si/c1-4-17-13-20(18-6-5-10-29-22(18)14-17)27(8-9-27)30-25(32)19-15-24(21(28)12-16(19)2)33-26(34)23-7-11-31(23)3/h4-6,10,12-15,23,26H,1,7-9,11,28H2,2-3H3,(H,30,32)/t23-,26?/m0/s1. The van der Waals surface area contributed by atoms with Gasteiger partial charge in [-0.3, -0.25) is 9.78 Å². The first kappa shape index (κ1) is 22.6. The molecule has 1 aliphatic heterocycles. The number of fused-ring (bicyclic) bond motifs is 1. The molecule has 173 valence electrons. The van der Waals surface area contributed by atoms with E-state index >= 15 is 0 Å². The normalized spacial score (nSPS) is 19.8. The zero-order valence-corrected chi connectivity index (χ0v) is 20.6. The van der Waals surface area contributed by atoms with Gasteiger partial charge in [0.2, 0.25) is 0 Å². The topological polar surface area (TPSA) is 80.5 Å². The van der Waals surface area contributed by atoms with Crippen LogP contribution in [0.3, 0.4) is 0 Å². The molecule has 0 spiro atoms. The molecule has 7 heteroatoms. The van der Waals surface area contributed by atoms with E-state index in [0.29, 0.717) is 17.0 Å². The number of nitrogens with zero attached hydrogens (tertiary/aromatic N) is 2. The molecule has 34 heavy (non-hydrogen) atoms. The second-order valence-corrected chi connectivity index (χ2v) is 10.0. The van der Waals surface area contributed by atoms with Crippen molar-refractivity contribution in [3.8, 4) is 5.75 Å². The number of benzene rings is 2. The fourth-order valence-corrected chi connectivity index (χ4v) is 5.33. The second-order valence-electron chi connectivity index (χ2n) is 9.46. The molecule has 3 aromatic rings. The van der Waals surface area contributed by atoms with Crippen LogP contribution < -0.4 is 15.8 Å². The van der Waals surface area contributed by atoms with Gasteiger partial charge in [0.05, 0.1) is 32.7 Å². The molecule has 5 rings (SSSR count). The molecule has 1 unspecified atom stereocenters. The molecule has 2 aliphatic rings. The number of nitrogen functional groups attached to an aromatic ring is 1. The number of carbonyl (C=O) groups excluding carboxylic acids is 1. The first-order valence-corrected chi connectivity index (χ1v) is 12.2. The second kappa shape index (κ2) is 8.56. The highest BCUT2D eigenvalue weighted by molar-refractivity contribution is 6.12. The maximum absolute atomic E-state index is 13.5. The number of carbonyl (C=O) groups is 1. The molecule has 1 aromatic heterocycles. The van der Waals surface area contributed by atoms with Gasteiger partial charge in [0.1, 0.15) is 5.75 Å². The molecular formula is C27H29N4O2Si.